The number of benzene rings is 1. The van der Waals surface area contributed by atoms with Crippen molar-refractivity contribution in [2.45, 2.75) is 50.4 Å². The van der Waals surface area contributed by atoms with Gasteiger partial charge in [0.05, 0.1) is 16.7 Å². The van der Waals surface area contributed by atoms with Crippen LogP contribution in [0.3, 0.4) is 0 Å². The Labute approximate surface area is 165 Å². The molecule has 0 spiro atoms. The van der Waals surface area contributed by atoms with Crippen molar-refractivity contribution in [3.63, 3.8) is 0 Å². The molecule has 1 aliphatic rings. The fourth-order valence-electron chi connectivity index (χ4n) is 3.92. The Morgan fingerprint density at radius 2 is 2.03 bits per heavy atom. The maximum absolute atomic E-state index is 12.9. The molecule has 1 saturated carbocycles. The van der Waals surface area contributed by atoms with Crippen molar-refractivity contribution in [2.24, 2.45) is 0 Å². The van der Waals surface area contributed by atoms with Gasteiger partial charge in [0, 0.05) is 17.8 Å². The number of aromatic hydroxyl groups is 1. The molecular weight excluding hydrogens is 385 g/mol. The zero-order valence-corrected chi connectivity index (χ0v) is 15.7. The number of phenolic OH excluding ortho intramolecular Hbond substituents is 1. The molecule has 9 heteroatoms. The Hall–Kier alpha value is -2.81. The predicted molar refractivity (Wildman–Crippen MR) is 102 cm³/mol. The molecule has 1 fully saturated rings. The van der Waals surface area contributed by atoms with Gasteiger partial charge in [-0.2, -0.15) is 13.2 Å². The Morgan fingerprint density at radius 1 is 1.24 bits per heavy atom. The van der Waals surface area contributed by atoms with Crippen molar-refractivity contribution in [2.75, 3.05) is 5.32 Å². The third kappa shape index (κ3) is 3.87. The summed E-state index contributed by atoms with van der Waals surface area (Å²) in [5, 5.41) is 32.2. The van der Waals surface area contributed by atoms with Crippen LogP contribution in [-0.4, -0.2) is 36.5 Å². The van der Waals surface area contributed by atoms with Crippen LogP contribution in [0.1, 0.15) is 38.2 Å². The van der Waals surface area contributed by atoms with E-state index < -0.39 is 23.1 Å². The van der Waals surface area contributed by atoms with Crippen LogP contribution in [0.15, 0.2) is 36.5 Å². The monoisotopic (exact) mass is 406 g/mol. The van der Waals surface area contributed by atoms with Crippen molar-refractivity contribution in [3.8, 4) is 17.0 Å². The number of phenols is 1. The van der Waals surface area contributed by atoms with Crippen LogP contribution in [0.5, 0.6) is 5.75 Å². The van der Waals surface area contributed by atoms with Crippen LogP contribution in [0.4, 0.5) is 19.1 Å². The average Bonchev–Trinajstić information content (AvgIpc) is 3.11. The van der Waals surface area contributed by atoms with E-state index in [0.717, 1.165) is 25.3 Å². The molecule has 2 atom stereocenters. The molecule has 2 aromatic heterocycles. The Kier molecular flexibility index (Phi) is 4.65. The molecule has 4 rings (SSSR count). The summed E-state index contributed by atoms with van der Waals surface area (Å²) < 4.78 is 40.3. The second-order valence-electron chi connectivity index (χ2n) is 7.80. The molecule has 1 aliphatic carbocycles. The van der Waals surface area contributed by atoms with Gasteiger partial charge in [-0.1, -0.05) is 0 Å². The lowest BCUT2D eigenvalue weighted by Gasteiger charge is -2.34. The highest BCUT2D eigenvalue weighted by molar-refractivity contribution is 5.81. The highest BCUT2D eigenvalue weighted by atomic mass is 19.4. The molecule has 3 aromatic rings. The van der Waals surface area contributed by atoms with Gasteiger partial charge in [0.15, 0.2) is 0 Å². The van der Waals surface area contributed by atoms with Crippen LogP contribution in [0, 0.1) is 0 Å². The average molecular weight is 406 g/mol. The fraction of sp³-hybridized carbons (Fsp3) is 0.400. The smallest absolute Gasteiger partial charge is 0.416 e. The lowest BCUT2D eigenvalue weighted by atomic mass is 9.83. The summed E-state index contributed by atoms with van der Waals surface area (Å²) in [6.45, 7) is 1.81. The first kappa shape index (κ1) is 19.5. The molecule has 0 saturated heterocycles. The quantitative estimate of drug-likeness (QED) is 0.607. The van der Waals surface area contributed by atoms with E-state index in [-0.39, 0.29) is 17.3 Å². The predicted octanol–water partition coefficient (Wildman–Crippen LogP) is 4.23. The minimum Gasteiger partial charge on any atom is -0.507 e. The van der Waals surface area contributed by atoms with Gasteiger partial charge >= 0.3 is 6.18 Å². The van der Waals surface area contributed by atoms with E-state index in [1.54, 1.807) is 22.7 Å². The number of alkyl halides is 3. The van der Waals surface area contributed by atoms with Gasteiger partial charge in [-0.05, 0) is 62.9 Å². The van der Waals surface area contributed by atoms with Crippen molar-refractivity contribution in [3.05, 3.63) is 42.1 Å². The molecule has 0 aliphatic heterocycles. The maximum Gasteiger partial charge on any atom is 0.416 e. The van der Waals surface area contributed by atoms with Crippen LogP contribution in [0.25, 0.3) is 16.8 Å². The summed E-state index contributed by atoms with van der Waals surface area (Å²) >= 11 is 0. The van der Waals surface area contributed by atoms with Gasteiger partial charge in [0.25, 0.3) is 0 Å². The van der Waals surface area contributed by atoms with E-state index in [1.165, 1.54) is 6.07 Å². The summed E-state index contributed by atoms with van der Waals surface area (Å²) in [5.74, 6) is -0.0379. The maximum atomic E-state index is 12.9. The number of rotatable bonds is 3. The number of aliphatic hydroxyl groups is 1. The summed E-state index contributed by atoms with van der Waals surface area (Å²) in [7, 11) is 0. The number of fused-ring (bicyclic) bond motifs is 1. The summed E-state index contributed by atoms with van der Waals surface area (Å²) in [4.78, 5) is 0. The van der Waals surface area contributed by atoms with Crippen LogP contribution >= 0.6 is 0 Å². The van der Waals surface area contributed by atoms with Gasteiger partial charge in [-0.3, -0.25) is 4.40 Å². The lowest BCUT2D eigenvalue weighted by molar-refractivity contribution is -0.137. The highest BCUT2D eigenvalue weighted by Crippen LogP contribution is 2.37. The minimum atomic E-state index is -4.54. The summed E-state index contributed by atoms with van der Waals surface area (Å²) in [6, 6.07) is 6.35. The van der Waals surface area contributed by atoms with Gasteiger partial charge in [0.2, 0.25) is 5.95 Å². The first-order valence-electron chi connectivity index (χ1n) is 9.37. The normalized spacial score (nSPS) is 22.7. The standard InChI is InChI=1S/C20H21F3N4O2/c1-19(29)8-2-4-13(11-19)24-18-26-25-17(15-5-3-9-27(15)18)14-7-6-12(10-16(14)28)20(21,22)23/h3,5-7,9-10,13,28-29H,2,4,8,11H2,1H3,(H,24,26). The van der Waals surface area contributed by atoms with Crippen molar-refractivity contribution >= 4 is 11.5 Å². The van der Waals surface area contributed by atoms with E-state index in [1.807, 2.05) is 6.92 Å². The van der Waals surface area contributed by atoms with Gasteiger partial charge in [0.1, 0.15) is 11.4 Å². The zero-order chi connectivity index (χ0) is 20.8. The van der Waals surface area contributed by atoms with Crippen LogP contribution in [-0.2, 0) is 6.18 Å². The van der Waals surface area contributed by atoms with Crippen molar-refractivity contribution in [1.29, 1.82) is 0 Å². The fourth-order valence-corrected chi connectivity index (χ4v) is 3.92. The number of aromatic nitrogens is 3. The van der Waals surface area contributed by atoms with E-state index in [4.69, 9.17) is 0 Å². The molecule has 0 radical (unpaired) electrons. The van der Waals surface area contributed by atoms with Crippen LogP contribution in [0.2, 0.25) is 0 Å². The summed E-state index contributed by atoms with van der Waals surface area (Å²) in [6.07, 6.45) is 0.340. The largest absolute Gasteiger partial charge is 0.507 e. The number of halogens is 3. The first-order chi connectivity index (χ1) is 13.6. The van der Waals surface area contributed by atoms with Gasteiger partial charge in [-0.25, -0.2) is 0 Å². The molecule has 6 nitrogen and oxygen atoms in total. The zero-order valence-electron chi connectivity index (χ0n) is 15.7. The van der Waals surface area contributed by atoms with E-state index >= 15 is 0 Å². The minimum absolute atomic E-state index is 0.0315. The van der Waals surface area contributed by atoms with Crippen molar-refractivity contribution in [1.82, 2.24) is 14.6 Å². The Bertz CT molecular complexity index is 1050. The molecule has 29 heavy (non-hydrogen) atoms. The topological polar surface area (TPSA) is 82.7 Å². The number of nitrogens with one attached hydrogen (secondary N) is 1. The third-order valence-corrected chi connectivity index (χ3v) is 5.33. The second-order valence-corrected chi connectivity index (χ2v) is 7.80. The molecule has 1 aromatic carbocycles. The number of nitrogens with zero attached hydrogens (tertiary/aromatic N) is 3. The van der Waals surface area contributed by atoms with Crippen molar-refractivity contribution < 1.29 is 23.4 Å². The Morgan fingerprint density at radius 3 is 2.72 bits per heavy atom. The van der Waals surface area contributed by atoms with Crippen LogP contribution < -0.4 is 5.32 Å². The molecule has 0 bridgehead atoms. The molecule has 2 unspecified atom stereocenters. The molecule has 0 amide bonds. The molecular formula is C20H21F3N4O2. The molecule has 154 valence electrons. The SMILES string of the molecule is CC1(O)CCCC(Nc2nnc(-c3ccc(C(F)(F)F)cc3O)c3cccn23)C1. The van der Waals surface area contributed by atoms with Gasteiger partial charge in [-0.15, -0.1) is 10.2 Å². The number of hydrogen-bond acceptors (Lipinski definition) is 5. The van der Waals surface area contributed by atoms with E-state index in [2.05, 4.69) is 15.5 Å². The van der Waals surface area contributed by atoms with Gasteiger partial charge < -0.3 is 15.5 Å². The first-order valence-corrected chi connectivity index (χ1v) is 9.37. The summed E-state index contributed by atoms with van der Waals surface area (Å²) in [5.41, 5.74) is -0.616. The van der Waals surface area contributed by atoms with E-state index in [9.17, 15) is 23.4 Å². The molecule has 3 N–H and O–H groups in total. The van der Waals surface area contributed by atoms with E-state index in [0.29, 0.717) is 24.0 Å². The Balaban J connectivity index is 1.69. The third-order valence-electron chi connectivity index (χ3n) is 5.33. The lowest BCUT2D eigenvalue weighted by Crippen LogP contribution is -2.38. The highest BCUT2D eigenvalue weighted by Gasteiger charge is 2.32. The second kappa shape index (κ2) is 6.91. The molecule has 2 heterocycles. The number of anilines is 1. The number of hydrogen-bond donors (Lipinski definition) is 3.